The Morgan fingerprint density at radius 1 is 1.05 bits per heavy atom. The molecule has 0 spiro atoms. The topological polar surface area (TPSA) is 40.5 Å². The summed E-state index contributed by atoms with van der Waals surface area (Å²) in [4.78, 5) is 0. The van der Waals surface area contributed by atoms with Crippen molar-refractivity contribution in [1.82, 2.24) is 0 Å². The molecule has 3 saturated carbocycles. The molecule has 2 nitrogen and oxygen atoms in total. The molecule has 116 valence electrons. The summed E-state index contributed by atoms with van der Waals surface area (Å²) in [5.74, 6) is 2.15. The molecule has 0 amide bonds. The molecule has 2 heteroatoms. The molecule has 2 N–H and O–H groups in total. The van der Waals surface area contributed by atoms with Crippen molar-refractivity contribution < 1.29 is 10.2 Å². The molecular formula is C19H28O2. The molecule has 0 radical (unpaired) electrons. The van der Waals surface area contributed by atoms with Gasteiger partial charge in [0, 0.05) is 5.41 Å². The SMILES string of the molecule is C[C@]12C=CC(O)C=C1CC[C@@H]1[C@H]2CC[C@]2(C)C(O)CC[C@@H]12. The lowest BCUT2D eigenvalue weighted by Gasteiger charge is -2.56. The van der Waals surface area contributed by atoms with Gasteiger partial charge < -0.3 is 10.2 Å². The van der Waals surface area contributed by atoms with Gasteiger partial charge in [0.25, 0.3) is 0 Å². The molecule has 3 fully saturated rings. The molecule has 0 aliphatic heterocycles. The number of hydrogen-bond acceptors (Lipinski definition) is 2. The van der Waals surface area contributed by atoms with Crippen LogP contribution in [0, 0.1) is 28.6 Å². The van der Waals surface area contributed by atoms with Crippen molar-refractivity contribution >= 4 is 0 Å². The Bertz CT molecular complexity index is 508. The molecule has 0 saturated heterocycles. The number of rotatable bonds is 0. The summed E-state index contributed by atoms with van der Waals surface area (Å²) in [6.07, 6.45) is 12.9. The van der Waals surface area contributed by atoms with Crippen molar-refractivity contribution in [3.8, 4) is 0 Å². The van der Waals surface area contributed by atoms with E-state index in [1.165, 1.54) is 31.3 Å². The van der Waals surface area contributed by atoms with Crippen LogP contribution in [0.15, 0.2) is 23.8 Å². The van der Waals surface area contributed by atoms with E-state index in [0.29, 0.717) is 11.8 Å². The van der Waals surface area contributed by atoms with Crippen molar-refractivity contribution in [2.24, 2.45) is 28.6 Å². The van der Waals surface area contributed by atoms with E-state index in [2.05, 4.69) is 26.0 Å². The normalized spacial score (nSPS) is 55.4. The Labute approximate surface area is 127 Å². The van der Waals surface area contributed by atoms with Gasteiger partial charge in [-0.1, -0.05) is 37.6 Å². The Kier molecular flexibility index (Phi) is 2.97. The molecule has 4 aliphatic rings. The van der Waals surface area contributed by atoms with Crippen LogP contribution < -0.4 is 0 Å². The summed E-state index contributed by atoms with van der Waals surface area (Å²) in [5.41, 5.74) is 1.77. The lowest BCUT2D eigenvalue weighted by Crippen LogP contribution is -2.50. The van der Waals surface area contributed by atoms with E-state index < -0.39 is 0 Å². The van der Waals surface area contributed by atoms with Crippen molar-refractivity contribution in [2.45, 2.75) is 64.6 Å². The highest BCUT2D eigenvalue weighted by molar-refractivity contribution is 5.33. The van der Waals surface area contributed by atoms with Gasteiger partial charge in [0.05, 0.1) is 12.2 Å². The average molecular weight is 288 g/mol. The van der Waals surface area contributed by atoms with E-state index in [1.54, 1.807) is 0 Å². The van der Waals surface area contributed by atoms with E-state index in [-0.39, 0.29) is 23.0 Å². The highest BCUT2D eigenvalue weighted by Crippen LogP contribution is 2.64. The zero-order valence-electron chi connectivity index (χ0n) is 13.3. The third kappa shape index (κ3) is 1.78. The standard InChI is InChI=1S/C19H28O2/c1-18-9-7-13(20)11-12(18)3-4-14-15-5-6-17(21)19(15,2)10-8-16(14)18/h7,9,11,13-17,20-21H,3-6,8,10H2,1-2H3/t13?,14-,15-,16+,17?,18-,19-/m0/s1. The molecule has 0 aromatic carbocycles. The van der Waals surface area contributed by atoms with Crippen LogP contribution in [0.5, 0.6) is 0 Å². The predicted molar refractivity (Wildman–Crippen MR) is 83.6 cm³/mol. The van der Waals surface area contributed by atoms with Crippen LogP contribution in [-0.4, -0.2) is 22.4 Å². The summed E-state index contributed by atoms with van der Waals surface area (Å²) in [6, 6.07) is 0. The maximum atomic E-state index is 10.4. The van der Waals surface area contributed by atoms with Gasteiger partial charge in [0.15, 0.2) is 0 Å². The van der Waals surface area contributed by atoms with Crippen LogP contribution in [0.3, 0.4) is 0 Å². The molecule has 0 aromatic rings. The van der Waals surface area contributed by atoms with Gasteiger partial charge in [-0.3, -0.25) is 0 Å². The second kappa shape index (κ2) is 4.45. The van der Waals surface area contributed by atoms with Gasteiger partial charge in [0.1, 0.15) is 0 Å². The van der Waals surface area contributed by atoms with Crippen LogP contribution in [0.1, 0.15) is 52.4 Å². The first-order valence-corrected chi connectivity index (χ1v) is 8.72. The van der Waals surface area contributed by atoms with Crippen molar-refractivity contribution in [1.29, 1.82) is 0 Å². The minimum Gasteiger partial charge on any atom is -0.393 e. The van der Waals surface area contributed by atoms with E-state index in [9.17, 15) is 10.2 Å². The molecule has 0 aromatic heterocycles. The fourth-order valence-corrected chi connectivity index (χ4v) is 6.29. The van der Waals surface area contributed by atoms with Crippen LogP contribution in [0.2, 0.25) is 0 Å². The van der Waals surface area contributed by atoms with Crippen molar-refractivity contribution in [3.05, 3.63) is 23.8 Å². The summed E-state index contributed by atoms with van der Waals surface area (Å²) in [7, 11) is 0. The molecule has 4 aliphatic carbocycles. The Morgan fingerprint density at radius 3 is 2.67 bits per heavy atom. The largest absolute Gasteiger partial charge is 0.393 e. The van der Waals surface area contributed by atoms with Gasteiger partial charge in [0.2, 0.25) is 0 Å². The number of hydrogen-bond donors (Lipinski definition) is 2. The van der Waals surface area contributed by atoms with E-state index >= 15 is 0 Å². The first kappa shape index (κ1) is 14.0. The van der Waals surface area contributed by atoms with E-state index in [1.807, 2.05) is 6.08 Å². The third-order valence-corrected chi connectivity index (χ3v) is 7.61. The van der Waals surface area contributed by atoms with Crippen LogP contribution >= 0.6 is 0 Å². The molecule has 21 heavy (non-hydrogen) atoms. The zero-order valence-corrected chi connectivity index (χ0v) is 13.3. The van der Waals surface area contributed by atoms with Crippen LogP contribution in [0.25, 0.3) is 0 Å². The molecule has 4 rings (SSSR count). The number of allylic oxidation sites excluding steroid dienone is 2. The van der Waals surface area contributed by atoms with E-state index in [4.69, 9.17) is 0 Å². The number of aliphatic hydroxyl groups is 2. The smallest absolute Gasteiger partial charge is 0.0905 e. The highest BCUT2D eigenvalue weighted by Gasteiger charge is 2.58. The fourth-order valence-electron chi connectivity index (χ4n) is 6.29. The predicted octanol–water partition coefficient (Wildman–Crippen LogP) is 3.45. The summed E-state index contributed by atoms with van der Waals surface area (Å²) in [6.45, 7) is 4.71. The van der Waals surface area contributed by atoms with Crippen molar-refractivity contribution in [2.75, 3.05) is 0 Å². The zero-order chi connectivity index (χ0) is 14.8. The lowest BCUT2D eigenvalue weighted by molar-refractivity contribution is -0.0620. The van der Waals surface area contributed by atoms with Gasteiger partial charge in [-0.05, 0) is 61.7 Å². The highest BCUT2D eigenvalue weighted by atomic mass is 16.3. The van der Waals surface area contributed by atoms with E-state index in [0.717, 1.165) is 18.8 Å². The first-order chi connectivity index (χ1) is 9.95. The maximum Gasteiger partial charge on any atom is 0.0905 e. The Morgan fingerprint density at radius 2 is 1.86 bits per heavy atom. The van der Waals surface area contributed by atoms with Crippen LogP contribution in [0.4, 0.5) is 0 Å². The van der Waals surface area contributed by atoms with Gasteiger partial charge in [-0.2, -0.15) is 0 Å². The minimum atomic E-state index is -0.383. The molecule has 2 unspecified atom stereocenters. The Hall–Kier alpha value is -0.600. The quantitative estimate of drug-likeness (QED) is 0.670. The Balaban J connectivity index is 1.69. The third-order valence-electron chi connectivity index (χ3n) is 7.61. The first-order valence-electron chi connectivity index (χ1n) is 8.72. The molecular weight excluding hydrogens is 260 g/mol. The summed E-state index contributed by atoms with van der Waals surface area (Å²) >= 11 is 0. The second-order valence-corrected chi connectivity index (χ2v) is 8.38. The molecule has 7 atom stereocenters. The summed E-state index contributed by atoms with van der Waals surface area (Å²) < 4.78 is 0. The van der Waals surface area contributed by atoms with Crippen molar-refractivity contribution in [3.63, 3.8) is 0 Å². The van der Waals surface area contributed by atoms with Gasteiger partial charge >= 0.3 is 0 Å². The van der Waals surface area contributed by atoms with Gasteiger partial charge in [-0.15, -0.1) is 0 Å². The number of fused-ring (bicyclic) bond motifs is 5. The average Bonchev–Trinajstić information content (AvgIpc) is 2.76. The summed E-state index contributed by atoms with van der Waals surface area (Å²) in [5, 5.41) is 20.3. The van der Waals surface area contributed by atoms with Gasteiger partial charge in [-0.25, -0.2) is 0 Å². The second-order valence-electron chi connectivity index (χ2n) is 8.38. The lowest BCUT2D eigenvalue weighted by atomic mass is 9.48. The minimum absolute atomic E-state index is 0.0862. The fraction of sp³-hybridized carbons (Fsp3) is 0.789. The number of aliphatic hydroxyl groups excluding tert-OH is 2. The monoisotopic (exact) mass is 288 g/mol. The molecule has 0 heterocycles. The molecule has 0 bridgehead atoms. The maximum absolute atomic E-state index is 10.4. The van der Waals surface area contributed by atoms with Crippen LogP contribution in [-0.2, 0) is 0 Å².